The van der Waals surface area contributed by atoms with Crippen LogP contribution in [0.3, 0.4) is 0 Å². The first-order valence-corrected chi connectivity index (χ1v) is 5.82. The minimum Gasteiger partial charge on any atom is -0.508 e. The van der Waals surface area contributed by atoms with E-state index < -0.39 is 4.92 Å². The summed E-state index contributed by atoms with van der Waals surface area (Å²) in [4.78, 5) is 10.3. The van der Waals surface area contributed by atoms with Gasteiger partial charge in [0.1, 0.15) is 11.4 Å². The van der Waals surface area contributed by atoms with Gasteiger partial charge in [0.05, 0.1) is 17.2 Å². The summed E-state index contributed by atoms with van der Waals surface area (Å²) in [6.07, 6.45) is 3.59. The molecule has 2 aromatic rings. The lowest BCUT2D eigenvalue weighted by Crippen LogP contribution is -2.02. The van der Waals surface area contributed by atoms with Crippen molar-refractivity contribution in [3.63, 3.8) is 0 Å². The van der Waals surface area contributed by atoms with Crippen molar-refractivity contribution < 1.29 is 10.0 Å². The van der Waals surface area contributed by atoms with E-state index in [1.807, 2.05) is 13.1 Å². The molecule has 0 bridgehead atoms. The Kier molecular flexibility index (Phi) is 3.65. The summed E-state index contributed by atoms with van der Waals surface area (Å²) in [5.74, 6) is -0.129. The Morgan fingerprint density at radius 1 is 1.53 bits per heavy atom. The fourth-order valence-corrected chi connectivity index (χ4v) is 1.69. The van der Waals surface area contributed by atoms with Crippen LogP contribution in [-0.2, 0) is 13.1 Å². The molecular formula is C12H14N4O3. The third kappa shape index (κ3) is 3.01. The standard InChI is InChI=1S/C12H14N4O3/c1-2-15-8-9(7-14-15)6-13-11-4-3-10(17)5-12(11)16(18)19/h3-5,7-8,13,17H,2,6H2,1H3. The van der Waals surface area contributed by atoms with Crippen molar-refractivity contribution in [2.45, 2.75) is 20.0 Å². The fourth-order valence-electron chi connectivity index (χ4n) is 1.69. The fraction of sp³-hybridized carbons (Fsp3) is 0.250. The van der Waals surface area contributed by atoms with Crippen LogP contribution in [0.1, 0.15) is 12.5 Å². The molecule has 0 radical (unpaired) electrons. The lowest BCUT2D eigenvalue weighted by molar-refractivity contribution is -0.384. The second-order valence-corrected chi connectivity index (χ2v) is 4.02. The molecule has 0 saturated heterocycles. The second-order valence-electron chi connectivity index (χ2n) is 4.02. The zero-order chi connectivity index (χ0) is 13.8. The molecule has 1 heterocycles. The highest BCUT2D eigenvalue weighted by molar-refractivity contribution is 5.63. The summed E-state index contributed by atoms with van der Waals surface area (Å²) in [7, 11) is 0. The van der Waals surface area contributed by atoms with Gasteiger partial charge in [-0.05, 0) is 19.1 Å². The van der Waals surface area contributed by atoms with Crippen molar-refractivity contribution in [1.82, 2.24) is 9.78 Å². The van der Waals surface area contributed by atoms with Crippen molar-refractivity contribution >= 4 is 11.4 Å². The van der Waals surface area contributed by atoms with Gasteiger partial charge in [0.15, 0.2) is 0 Å². The average Bonchev–Trinajstić information content (AvgIpc) is 2.85. The van der Waals surface area contributed by atoms with E-state index in [1.165, 1.54) is 12.1 Å². The molecule has 0 unspecified atom stereocenters. The van der Waals surface area contributed by atoms with Crippen molar-refractivity contribution in [2.24, 2.45) is 0 Å². The summed E-state index contributed by atoms with van der Waals surface area (Å²) < 4.78 is 1.78. The molecule has 0 fully saturated rings. The number of phenolic OH excluding ortho intramolecular Hbond substituents is 1. The van der Waals surface area contributed by atoms with Gasteiger partial charge in [-0.15, -0.1) is 0 Å². The summed E-state index contributed by atoms with van der Waals surface area (Å²) >= 11 is 0. The predicted molar refractivity (Wildman–Crippen MR) is 70.0 cm³/mol. The quantitative estimate of drug-likeness (QED) is 0.489. The van der Waals surface area contributed by atoms with Crippen molar-refractivity contribution in [3.05, 3.63) is 46.3 Å². The van der Waals surface area contributed by atoms with E-state index in [2.05, 4.69) is 10.4 Å². The number of aromatic hydroxyl groups is 1. The van der Waals surface area contributed by atoms with Gasteiger partial charge in [0.2, 0.25) is 0 Å². The predicted octanol–water partition coefficient (Wildman–Crippen LogP) is 2.13. The highest BCUT2D eigenvalue weighted by Gasteiger charge is 2.14. The molecule has 2 N–H and O–H groups in total. The van der Waals surface area contributed by atoms with Crippen LogP contribution < -0.4 is 5.32 Å². The minimum atomic E-state index is -0.530. The Morgan fingerprint density at radius 2 is 2.32 bits per heavy atom. The lowest BCUT2D eigenvalue weighted by Gasteiger charge is -2.05. The van der Waals surface area contributed by atoms with Crippen LogP contribution in [0.25, 0.3) is 0 Å². The van der Waals surface area contributed by atoms with E-state index in [0.29, 0.717) is 12.2 Å². The molecule has 0 amide bonds. The van der Waals surface area contributed by atoms with Gasteiger partial charge < -0.3 is 10.4 Å². The zero-order valence-corrected chi connectivity index (χ0v) is 10.4. The number of nitrogens with zero attached hydrogens (tertiary/aromatic N) is 3. The van der Waals surface area contributed by atoms with E-state index in [4.69, 9.17) is 0 Å². The van der Waals surface area contributed by atoms with Crippen LogP contribution in [0.5, 0.6) is 5.75 Å². The molecule has 0 atom stereocenters. The first-order valence-electron chi connectivity index (χ1n) is 5.82. The van der Waals surface area contributed by atoms with Gasteiger partial charge in [0, 0.05) is 24.8 Å². The Balaban J connectivity index is 2.12. The number of nitro groups is 1. The van der Waals surface area contributed by atoms with Gasteiger partial charge in [-0.2, -0.15) is 5.10 Å². The number of rotatable bonds is 5. The van der Waals surface area contributed by atoms with E-state index in [-0.39, 0.29) is 11.4 Å². The van der Waals surface area contributed by atoms with E-state index in [9.17, 15) is 15.2 Å². The Labute approximate surface area is 109 Å². The molecule has 0 spiro atoms. The Bertz CT molecular complexity index is 594. The molecule has 7 heteroatoms. The third-order valence-electron chi connectivity index (χ3n) is 2.67. The highest BCUT2D eigenvalue weighted by Crippen LogP contribution is 2.28. The van der Waals surface area contributed by atoms with E-state index >= 15 is 0 Å². The van der Waals surface area contributed by atoms with Crippen LogP contribution >= 0.6 is 0 Å². The molecule has 19 heavy (non-hydrogen) atoms. The largest absolute Gasteiger partial charge is 0.508 e. The number of anilines is 1. The Morgan fingerprint density at radius 3 is 2.95 bits per heavy atom. The average molecular weight is 262 g/mol. The van der Waals surface area contributed by atoms with Crippen LogP contribution in [0, 0.1) is 10.1 Å². The number of benzene rings is 1. The lowest BCUT2D eigenvalue weighted by atomic mass is 10.2. The molecule has 1 aromatic heterocycles. The van der Waals surface area contributed by atoms with Crippen LogP contribution in [0.15, 0.2) is 30.6 Å². The van der Waals surface area contributed by atoms with Gasteiger partial charge >= 0.3 is 0 Å². The van der Waals surface area contributed by atoms with Crippen LogP contribution in [-0.4, -0.2) is 19.8 Å². The number of nitro benzene ring substituents is 1. The number of hydrogen-bond acceptors (Lipinski definition) is 5. The molecule has 100 valence electrons. The van der Waals surface area contributed by atoms with E-state index in [1.54, 1.807) is 10.9 Å². The van der Waals surface area contributed by atoms with Gasteiger partial charge in [-0.1, -0.05) is 0 Å². The van der Waals surface area contributed by atoms with Gasteiger partial charge in [-0.25, -0.2) is 0 Å². The van der Waals surface area contributed by atoms with Crippen molar-refractivity contribution in [1.29, 1.82) is 0 Å². The second kappa shape index (κ2) is 5.38. The number of nitrogens with one attached hydrogen (secondary N) is 1. The van der Waals surface area contributed by atoms with Crippen LogP contribution in [0.4, 0.5) is 11.4 Å². The number of aromatic nitrogens is 2. The molecule has 2 rings (SSSR count). The van der Waals surface area contributed by atoms with E-state index in [0.717, 1.165) is 18.2 Å². The highest BCUT2D eigenvalue weighted by atomic mass is 16.6. The van der Waals surface area contributed by atoms with Crippen molar-refractivity contribution in [2.75, 3.05) is 5.32 Å². The number of aryl methyl sites for hydroxylation is 1. The third-order valence-corrected chi connectivity index (χ3v) is 2.67. The summed E-state index contributed by atoms with van der Waals surface area (Å²) in [6, 6.07) is 4.01. The summed E-state index contributed by atoms with van der Waals surface area (Å²) in [5, 5.41) is 27.2. The number of hydrogen-bond donors (Lipinski definition) is 2. The van der Waals surface area contributed by atoms with Gasteiger partial charge in [0.25, 0.3) is 5.69 Å². The molecule has 0 aliphatic carbocycles. The molecule has 0 saturated carbocycles. The molecule has 0 aliphatic rings. The number of phenols is 1. The summed E-state index contributed by atoms with van der Waals surface area (Å²) in [5.41, 5.74) is 1.15. The minimum absolute atomic E-state index is 0.129. The van der Waals surface area contributed by atoms with Gasteiger partial charge in [-0.3, -0.25) is 14.8 Å². The maximum Gasteiger partial charge on any atom is 0.296 e. The molecule has 7 nitrogen and oxygen atoms in total. The SMILES string of the molecule is CCn1cc(CNc2ccc(O)cc2[N+](=O)[O-])cn1. The molecule has 0 aliphatic heterocycles. The topological polar surface area (TPSA) is 93.2 Å². The normalized spacial score (nSPS) is 10.4. The van der Waals surface area contributed by atoms with Crippen molar-refractivity contribution in [3.8, 4) is 5.75 Å². The maximum absolute atomic E-state index is 10.9. The molecular weight excluding hydrogens is 248 g/mol. The first-order chi connectivity index (χ1) is 9.10. The monoisotopic (exact) mass is 262 g/mol. The maximum atomic E-state index is 10.9. The summed E-state index contributed by atoms with van der Waals surface area (Å²) in [6.45, 7) is 3.19. The first kappa shape index (κ1) is 12.9. The zero-order valence-electron chi connectivity index (χ0n) is 10.4. The Hall–Kier alpha value is -2.57. The smallest absolute Gasteiger partial charge is 0.296 e. The molecule has 1 aromatic carbocycles. The van der Waals surface area contributed by atoms with Crippen LogP contribution in [0.2, 0.25) is 0 Å².